The van der Waals surface area contributed by atoms with Crippen molar-refractivity contribution in [2.45, 2.75) is 50.3 Å². The molecule has 4 aromatic rings. The van der Waals surface area contributed by atoms with Gasteiger partial charge in [0.05, 0.1) is 6.04 Å². The summed E-state index contributed by atoms with van der Waals surface area (Å²) in [5.74, 6) is 0.160. The van der Waals surface area contributed by atoms with E-state index in [1.165, 1.54) is 29.5 Å². The molecule has 10 heteroatoms. The number of rotatable bonds is 5. The Morgan fingerprint density at radius 2 is 2.00 bits per heavy atom. The van der Waals surface area contributed by atoms with Crippen LogP contribution in [0.25, 0.3) is 16.9 Å². The maximum absolute atomic E-state index is 14.5. The molecule has 0 spiro atoms. The third-order valence-electron chi connectivity index (χ3n) is 7.08. The van der Waals surface area contributed by atoms with Gasteiger partial charge >= 0.3 is 0 Å². The number of nitrogens with zero attached hydrogens (tertiary/aromatic N) is 5. The minimum atomic E-state index is -1.24. The Kier molecular flexibility index (Phi) is 4.40. The number of fused-ring (bicyclic) bond motifs is 2. The summed E-state index contributed by atoms with van der Waals surface area (Å²) in [5.41, 5.74) is 2.41. The summed E-state index contributed by atoms with van der Waals surface area (Å²) < 4.78 is 17.8. The molecule has 1 aromatic carbocycles. The lowest BCUT2D eigenvalue weighted by Crippen LogP contribution is -2.23. The molecule has 35 heavy (non-hydrogen) atoms. The van der Waals surface area contributed by atoms with Crippen LogP contribution in [0.4, 0.5) is 16.0 Å². The number of hydrogen-bond donors (Lipinski definition) is 3. The quantitative estimate of drug-likeness (QED) is 0.409. The zero-order valence-corrected chi connectivity index (χ0v) is 19.0. The Labute approximate surface area is 199 Å². The second kappa shape index (κ2) is 7.43. The number of anilines is 2. The number of benzene rings is 1. The van der Waals surface area contributed by atoms with E-state index in [9.17, 15) is 14.3 Å². The first kappa shape index (κ1) is 20.7. The standard InChI is InChI=1S/C25H24FN7O2/c26-19-5-6-20(30-21(19)25(35)8-9-25)33-22-18(23(34)32(33)17-3-4-17)13-28-24(31-22)29-16-2-1-15-12-27-10-7-14(15)11-16/h1-2,5-6,11,13,17,27,35H,3-4,7-10,12H2,(H,28,29,31). The zero-order valence-electron chi connectivity index (χ0n) is 19.0. The lowest BCUT2D eigenvalue weighted by atomic mass is 10.0. The monoisotopic (exact) mass is 473 g/mol. The average molecular weight is 474 g/mol. The van der Waals surface area contributed by atoms with Gasteiger partial charge in [-0.05, 0) is 74.0 Å². The van der Waals surface area contributed by atoms with Crippen LogP contribution in [0.5, 0.6) is 0 Å². The van der Waals surface area contributed by atoms with Gasteiger partial charge in [0.2, 0.25) is 5.95 Å². The number of hydrogen-bond acceptors (Lipinski definition) is 7. The molecule has 7 rings (SSSR count). The zero-order chi connectivity index (χ0) is 23.7. The number of nitrogens with one attached hydrogen (secondary N) is 2. The number of aromatic nitrogens is 5. The lowest BCUT2D eigenvalue weighted by molar-refractivity contribution is 0.141. The summed E-state index contributed by atoms with van der Waals surface area (Å²) in [5, 5.41) is 17.5. The molecular weight excluding hydrogens is 449 g/mol. The third kappa shape index (κ3) is 3.43. The van der Waals surface area contributed by atoms with Crippen LogP contribution in [0.2, 0.25) is 0 Å². The second-order valence-corrected chi connectivity index (χ2v) is 9.69. The molecule has 0 bridgehead atoms. The van der Waals surface area contributed by atoms with Gasteiger partial charge in [0.1, 0.15) is 22.5 Å². The Balaban J connectivity index is 1.35. The summed E-state index contributed by atoms with van der Waals surface area (Å²) in [7, 11) is 0. The van der Waals surface area contributed by atoms with Crippen molar-refractivity contribution in [2.75, 3.05) is 11.9 Å². The first-order valence-electron chi connectivity index (χ1n) is 12.0. The maximum Gasteiger partial charge on any atom is 0.278 e. The molecule has 0 unspecified atom stereocenters. The van der Waals surface area contributed by atoms with E-state index in [0.717, 1.165) is 38.0 Å². The van der Waals surface area contributed by atoms with Crippen LogP contribution in [-0.4, -0.2) is 36.0 Å². The molecule has 178 valence electrons. The van der Waals surface area contributed by atoms with E-state index in [1.807, 2.05) is 6.07 Å². The summed E-state index contributed by atoms with van der Waals surface area (Å²) >= 11 is 0. The first-order valence-corrected chi connectivity index (χ1v) is 12.0. The molecule has 2 fully saturated rings. The van der Waals surface area contributed by atoms with Crippen molar-refractivity contribution in [3.05, 3.63) is 69.5 Å². The van der Waals surface area contributed by atoms with E-state index in [4.69, 9.17) is 4.98 Å². The van der Waals surface area contributed by atoms with Gasteiger partial charge in [-0.2, -0.15) is 4.98 Å². The molecule has 4 heterocycles. The molecule has 2 saturated carbocycles. The Morgan fingerprint density at radius 3 is 2.80 bits per heavy atom. The van der Waals surface area contributed by atoms with Crippen LogP contribution < -0.4 is 16.2 Å². The predicted molar refractivity (Wildman–Crippen MR) is 127 cm³/mol. The van der Waals surface area contributed by atoms with Crippen LogP contribution in [0.15, 0.2) is 41.3 Å². The molecule has 0 atom stereocenters. The predicted octanol–water partition coefficient (Wildman–Crippen LogP) is 2.82. The van der Waals surface area contributed by atoms with Crippen molar-refractivity contribution in [3.8, 4) is 5.82 Å². The summed E-state index contributed by atoms with van der Waals surface area (Å²) in [6.07, 6.45) is 5.17. The fraction of sp³-hybridized carbons (Fsp3) is 0.360. The van der Waals surface area contributed by atoms with Gasteiger partial charge in [0, 0.05) is 18.4 Å². The van der Waals surface area contributed by atoms with Gasteiger partial charge in [-0.3, -0.25) is 4.79 Å². The maximum atomic E-state index is 14.5. The molecule has 2 aliphatic carbocycles. The summed E-state index contributed by atoms with van der Waals surface area (Å²) in [6.45, 7) is 1.81. The molecule has 3 aromatic heterocycles. The summed E-state index contributed by atoms with van der Waals surface area (Å²) in [6, 6.07) is 9.04. The second-order valence-electron chi connectivity index (χ2n) is 9.69. The van der Waals surface area contributed by atoms with E-state index in [2.05, 4.69) is 32.7 Å². The van der Waals surface area contributed by atoms with Gasteiger partial charge in [-0.1, -0.05) is 6.07 Å². The largest absolute Gasteiger partial charge is 0.383 e. The van der Waals surface area contributed by atoms with Crippen molar-refractivity contribution in [3.63, 3.8) is 0 Å². The van der Waals surface area contributed by atoms with Gasteiger partial charge < -0.3 is 15.7 Å². The van der Waals surface area contributed by atoms with Gasteiger partial charge in [0.15, 0.2) is 11.5 Å². The third-order valence-corrected chi connectivity index (χ3v) is 7.08. The molecular formula is C25H24FN7O2. The van der Waals surface area contributed by atoms with Gasteiger partial charge in [-0.25, -0.2) is 23.7 Å². The highest BCUT2D eigenvalue weighted by Crippen LogP contribution is 2.45. The Morgan fingerprint density at radius 1 is 1.14 bits per heavy atom. The number of pyridine rings is 1. The van der Waals surface area contributed by atoms with E-state index in [1.54, 1.807) is 9.36 Å². The molecule has 0 saturated heterocycles. The van der Waals surface area contributed by atoms with Gasteiger partial charge in [-0.15, -0.1) is 0 Å². The highest BCUT2D eigenvalue weighted by Gasteiger charge is 2.46. The van der Waals surface area contributed by atoms with Crippen molar-refractivity contribution in [2.24, 2.45) is 0 Å². The number of halogens is 1. The average Bonchev–Trinajstić information content (AvgIpc) is 3.80. The van der Waals surface area contributed by atoms with Crippen LogP contribution in [0, 0.1) is 5.82 Å². The Bertz CT molecular complexity index is 1550. The van der Waals surface area contributed by atoms with E-state index in [0.29, 0.717) is 35.6 Å². The normalized spacial score (nSPS) is 18.5. The fourth-order valence-corrected chi connectivity index (χ4v) is 4.84. The first-order chi connectivity index (χ1) is 17.0. The van der Waals surface area contributed by atoms with E-state index in [-0.39, 0.29) is 17.3 Å². The van der Waals surface area contributed by atoms with Crippen molar-refractivity contribution in [1.82, 2.24) is 29.6 Å². The minimum absolute atomic E-state index is 0.0163. The van der Waals surface area contributed by atoms with Gasteiger partial charge in [0.25, 0.3) is 5.56 Å². The molecule has 1 aliphatic heterocycles. The minimum Gasteiger partial charge on any atom is -0.383 e. The van der Waals surface area contributed by atoms with Crippen molar-refractivity contribution >= 4 is 22.7 Å². The van der Waals surface area contributed by atoms with Crippen LogP contribution in [0.1, 0.15) is 48.5 Å². The molecule has 3 aliphatic rings. The topological polar surface area (TPSA) is 110 Å². The van der Waals surface area contributed by atoms with E-state index >= 15 is 0 Å². The van der Waals surface area contributed by atoms with Crippen LogP contribution >= 0.6 is 0 Å². The molecule has 9 nitrogen and oxygen atoms in total. The smallest absolute Gasteiger partial charge is 0.278 e. The number of aliphatic hydroxyl groups is 1. The highest BCUT2D eigenvalue weighted by atomic mass is 19.1. The van der Waals surface area contributed by atoms with Crippen molar-refractivity contribution in [1.29, 1.82) is 0 Å². The lowest BCUT2D eigenvalue weighted by Gasteiger charge is -2.18. The van der Waals surface area contributed by atoms with Crippen LogP contribution in [0.3, 0.4) is 0 Å². The molecule has 0 radical (unpaired) electrons. The molecule has 3 N–H and O–H groups in total. The SMILES string of the molecule is O=c1c2cnc(Nc3ccc4c(c3)CCNC4)nc2n(-c2ccc(F)c(C3(O)CC3)n2)n1C1CC1. The fourth-order valence-electron chi connectivity index (χ4n) is 4.84. The van der Waals surface area contributed by atoms with Crippen LogP contribution in [-0.2, 0) is 18.6 Å². The molecule has 0 amide bonds. The van der Waals surface area contributed by atoms with E-state index < -0.39 is 11.4 Å². The highest BCUT2D eigenvalue weighted by molar-refractivity contribution is 5.77. The van der Waals surface area contributed by atoms with Crippen molar-refractivity contribution < 1.29 is 9.50 Å². The Hall–Kier alpha value is -3.63. The summed E-state index contributed by atoms with van der Waals surface area (Å²) in [4.78, 5) is 26.8.